The van der Waals surface area contributed by atoms with E-state index in [1.165, 1.54) is 23.3 Å². The standard InChI is InChI=1S/C17H14Br2F2/c18-14-9-15(20)13(8-16(14)21)17(19)12-6-5-10-3-1-2-4-11(10)7-12/h1-4,8-9,12,17H,5-7H2. The van der Waals surface area contributed by atoms with Crippen LogP contribution in [0.3, 0.4) is 0 Å². The lowest BCUT2D eigenvalue weighted by Gasteiger charge is -2.29. The molecule has 1 aliphatic rings. The van der Waals surface area contributed by atoms with Crippen LogP contribution in [0.15, 0.2) is 40.9 Å². The van der Waals surface area contributed by atoms with Crippen molar-refractivity contribution in [2.75, 3.05) is 0 Å². The van der Waals surface area contributed by atoms with E-state index in [0.717, 1.165) is 19.3 Å². The fraction of sp³-hybridized carbons (Fsp3) is 0.294. The zero-order valence-corrected chi connectivity index (χ0v) is 14.4. The van der Waals surface area contributed by atoms with Gasteiger partial charge in [0.25, 0.3) is 0 Å². The molecule has 4 heteroatoms. The molecule has 0 spiro atoms. The Morgan fingerprint density at radius 2 is 1.76 bits per heavy atom. The number of hydrogen-bond acceptors (Lipinski definition) is 0. The van der Waals surface area contributed by atoms with E-state index < -0.39 is 5.82 Å². The number of halogens is 4. The zero-order valence-electron chi connectivity index (χ0n) is 11.3. The Morgan fingerprint density at radius 3 is 2.52 bits per heavy atom. The van der Waals surface area contributed by atoms with Gasteiger partial charge < -0.3 is 0 Å². The van der Waals surface area contributed by atoms with Crippen LogP contribution in [0.1, 0.15) is 27.9 Å². The predicted molar refractivity (Wildman–Crippen MR) is 87.7 cm³/mol. The van der Waals surface area contributed by atoms with Gasteiger partial charge in [-0.25, -0.2) is 8.78 Å². The molecule has 0 bridgehead atoms. The fourth-order valence-corrected chi connectivity index (χ4v) is 4.10. The minimum atomic E-state index is -0.424. The van der Waals surface area contributed by atoms with Gasteiger partial charge in [0, 0.05) is 10.4 Å². The summed E-state index contributed by atoms with van der Waals surface area (Å²) in [6, 6.07) is 10.8. The maximum absolute atomic E-state index is 14.1. The minimum Gasteiger partial charge on any atom is -0.207 e. The number of hydrogen-bond donors (Lipinski definition) is 0. The third kappa shape index (κ3) is 3.07. The highest BCUT2D eigenvalue weighted by atomic mass is 79.9. The predicted octanol–water partition coefficient (Wildman–Crippen LogP) is 5.97. The summed E-state index contributed by atoms with van der Waals surface area (Å²) in [6.45, 7) is 0. The number of benzene rings is 2. The van der Waals surface area contributed by atoms with Crippen molar-refractivity contribution in [2.24, 2.45) is 5.92 Å². The van der Waals surface area contributed by atoms with Crippen LogP contribution < -0.4 is 0 Å². The van der Waals surface area contributed by atoms with E-state index in [0.29, 0.717) is 5.56 Å². The van der Waals surface area contributed by atoms with Gasteiger partial charge >= 0.3 is 0 Å². The van der Waals surface area contributed by atoms with Crippen molar-refractivity contribution < 1.29 is 8.78 Å². The molecule has 0 radical (unpaired) electrons. The SMILES string of the molecule is Fc1cc(C(Br)C2CCc3ccccc3C2)c(F)cc1Br. The molecule has 2 aromatic carbocycles. The Kier molecular flexibility index (Phi) is 4.46. The molecule has 2 unspecified atom stereocenters. The summed E-state index contributed by atoms with van der Waals surface area (Å²) < 4.78 is 28.0. The molecular formula is C17H14Br2F2. The zero-order chi connectivity index (χ0) is 15.0. The summed E-state index contributed by atoms with van der Waals surface area (Å²) in [5.74, 6) is -0.522. The second-order valence-corrected chi connectivity index (χ2v) is 7.30. The Morgan fingerprint density at radius 1 is 1.05 bits per heavy atom. The van der Waals surface area contributed by atoms with Gasteiger partial charge in [-0.1, -0.05) is 40.2 Å². The van der Waals surface area contributed by atoms with Crippen molar-refractivity contribution in [1.82, 2.24) is 0 Å². The van der Waals surface area contributed by atoms with Crippen LogP contribution in [-0.2, 0) is 12.8 Å². The molecule has 3 rings (SSSR count). The number of aryl methyl sites for hydroxylation is 1. The van der Waals surface area contributed by atoms with E-state index in [-0.39, 0.29) is 21.0 Å². The van der Waals surface area contributed by atoms with Gasteiger partial charge in [-0.05, 0) is 64.4 Å². The second-order valence-electron chi connectivity index (χ2n) is 5.46. The summed E-state index contributed by atoms with van der Waals surface area (Å²) in [4.78, 5) is -0.173. The lowest BCUT2D eigenvalue weighted by molar-refractivity contribution is 0.441. The molecule has 0 nitrogen and oxygen atoms in total. The summed E-state index contributed by atoms with van der Waals surface area (Å²) in [7, 11) is 0. The Hall–Kier alpha value is -0.740. The van der Waals surface area contributed by atoms with Crippen LogP contribution in [0.5, 0.6) is 0 Å². The van der Waals surface area contributed by atoms with Crippen molar-refractivity contribution in [3.63, 3.8) is 0 Å². The third-order valence-corrected chi connectivity index (χ3v) is 5.98. The molecule has 21 heavy (non-hydrogen) atoms. The molecule has 2 aromatic rings. The molecule has 0 saturated heterocycles. The Labute approximate surface area is 139 Å². The average molecular weight is 416 g/mol. The number of rotatable bonds is 2. The molecule has 0 fully saturated rings. The van der Waals surface area contributed by atoms with Gasteiger partial charge in [0.2, 0.25) is 0 Å². The molecular weight excluding hydrogens is 402 g/mol. The van der Waals surface area contributed by atoms with Gasteiger partial charge in [0.1, 0.15) is 11.6 Å². The number of alkyl halides is 1. The van der Waals surface area contributed by atoms with E-state index in [2.05, 4.69) is 50.1 Å². The Balaban J connectivity index is 1.87. The lowest BCUT2D eigenvalue weighted by Crippen LogP contribution is -2.19. The summed E-state index contributed by atoms with van der Waals surface area (Å²) in [5, 5.41) is 0. The highest BCUT2D eigenvalue weighted by molar-refractivity contribution is 9.10. The third-order valence-electron chi connectivity index (χ3n) is 4.14. The molecule has 1 aliphatic carbocycles. The molecule has 110 valence electrons. The molecule has 0 heterocycles. The monoisotopic (exact) mass is 414 g/mol. The van der Waals surface area contributed by atoms with Crippen molar-refractivity contribution in [3.8, 4) is 0 Å². The Bertz CT molecular complexity index is 670. The van der Waals surface area contributed by atoms with Crippen molar-refractivity contribution in [2.45, 2.75) is 24.1 Å². The topological polar surface area (TPSA) is 0 Å². The first-order valence-electron chi connectivity index (χ1n) is 6.91. The largest absolute Gasteiger partial charge is 0.207 e. The van der Waals surface area contributed by atoms with E-state index in [1.54, 1.807) is 0 Å². The van der Waals surface area contributed by atoms with Gasteiger partial charge in [0.15, 0.2) is 0 Å². The molecule has 0 N–H and O–H groups in total. The summed E-state index contributed by atoms with van der Waals surface area (Å²) >= 11 is 6.60. The van der Waals surface area contributed by atoms with Crippen LogP contribution in [0.4, 0.5) is 8.78 Å². The second kappa shape index (κ2) is 6.17. The average Bonchev–Trinajstić information content (AvgIpc) is 2.50. The van der Waals surface area contributed by atoms with Gasteiger partial charge in [-0.3, -0.25) is 0 Å². The van der Waals surface area contributed by atoms with Crippen LogP contribution in [0, 0.1) is 17.6 Å². The normalized spacial score (nSPS) is 19.1. The molecule has 0 amide bonds. The first kappa shape index (κ1) is 15.2. The number of fused-ring (bicyclic) bond motifs is 1. The van der Waals surface area contributed by atoms with E-state index in [4.69, 9.17) is 0 Å². The quantitative estimate of drug-likeness (QED) is 0.418. The maximum atomic E-state index is 14.1. The lowest BCUT2D eigenvalue weighted by atomic mass is 9.80. The molecule has 2 atom stereocenters. The van der Waals surface area contributed by atoms with Crippen LogP contribution >= 0.6 is 31.9 Å². The van der Waals surface area contributed by atoms with Crippen molar-refractivity contribution >= 4 is 31.9 Å². The first-order valence-corrected chi connectivity index (χ1v) is 8.62. The van der Waals surface area contributed by atoms with Crippen LogP contribution in [-0.4, -0.2) is 0 Å². The van der Waals surface area contributed by atoms with E-state index in [1.807, 2.05) is 6.07 Å². The van der Waals surface area contributed by atoms with Gasteiger partial charge in [-0.15, -0.1) is 0 Å². The smallest absolute Gasteiger partial charge is 0.137 e. The van der Waals surface area contributed by atoms with Gasteiger partial charge in [0.05, 0.1) is 4.47 Å². The first-order chi connectivity index (χ1) is 10.1. The highest BCUT2D eigenvalue weighted by Gasteiger charge is 2.28. The van der Waals surface area contributed by atoms with Crippen LogP contribution in [0.2, 0.25) is 0 Å². The fourth-order valence-electron chi connectivity index (χ4n) is 2.98. The van der Waals surface area contributed by atoms with Gasteiger partial charge in [-0.2, -0.15) is 0 Å². The summed E-state index contributed by atoms with van der Waals surface area (Å²) in [6.07, 6.45) is 2.86. The van der Waals surface area contributed by atoms with Crippen LogP contribution in [0.25, 0.3) is 0 Å². The van der Waals surface area contributed by atoms with Crippen molar-refractivity contribution in [3.05, 3.63) is 69.2 Å². The molecule has 0 saturated carbocycles. The molecule has 0 aliphatic heterocycles. The van der Waals surface area contributed by atoms with E-state index in [9.17, 15) is 8.78 Å². The highest BCUT2D eigenvalue weighted by Crippen LogP contribution is 2.41. The minimum absolute atomic E-state index is 0.164. The molecule has 0 aromatic heterocycles. The summed E-state index contributed by atoms with van der Waals surface area (Å²) in [5.41, 5.74) is 3.09. The van der Waals surface area contributed by atoms with E-state index >= 15 is 0 Å². The van der Waals surface area contributed by atoms with Crippen molar-refractivity contribution in [1.29, 1.82) is 0 Å². The maximum Gasteiger partial charge on any atom is 0.137 e.